The molecular weight excluding hydrogens is 485 g/mol. The number of hydrogen-bond donors (Lipinski definition) is 3. The zero-order valence-corrected chi connectivity index (χ0v) is 20.7. The molecule has 190 valence electrons. The summed E-state index contributed by atoms with van der Waals surface area (Å²) in [7, 11) is 3.31. The number of nitrogens with zero attached hydrogens (tertiary/aromatic N) is 4. The summed E-state index contributed by atoms with van der Waals surface area (Å²) in [5.41, 5.74) is 5.35. The maximum atomic E-state index is 13.1. The van der Waals surface area contributed by atoms with Gasteiger partial charge in [0.25, 0.3) is 5.91 Å². The van der Waals surface area contributed by atoms with E-state index in [1.165, 1.54) is 17.0 Å². The molecule has 0 radical (unpaired) electrons. The lowest BCUT2D eigenvalue weighted by Gasteiger charge is -2.12. The maximum absolute atomic E-state index is 13.1. The first kappa shape index (κ1) is 24.6. The lowest BCUT2D eigenvalue weighted by molar-refractivity contribution is 0.102. The number of halogens is 1. The predicted octanol–water partition coefficient (Wildman–Crippen LogP) is 5.10. The van der Waals surface area contributed by atoms with Gasteiger partial charge in [-0.1, -0.05) is 18.2 Å². The van der Waals surface area contributed by atoms with Crippen LogP contribution in [0.1, 0.15) is 21.7 Å². The Balaban J connectivity index is 1.33. The van der Waals surface area contributed by atoms with Crippen molar-refractivity contribution in [3.8, 4) is 11.1 Å². The van der Waals surface area contributed by atoms with Crippen molar-refractivity contribution in [1.82, 2.24) is 25.1 Å². The molecule has 3 amide bonds. The van der Waals surface area contributed by atoms with E-state index in [1.807, 2.05) is 30.3 Å². The Labute approximate surface area is 217 Å². The molecule has 0 bridgehead atoms. The fourth-order valence-corrected chi connectivity index (χ4v) is 3.87. The van der Waals surface area contributed by atoms with Crippen molar-refractivity contribution < 1.29 is 14.0 Å². The molecule has 3 N–H and O–H groups in total. The van der Waals surface area contributed by atoms with E-state index in [0.29, 0.717) is 28.7 Å². The average molecular weight is 510 g/mol. The minimum absolute atomic E-state index is 0.238. The number of pyridine rings is 2. The summed E-state index contributed by atoms with van der Waals surface area (Å²) in [5.74, 6) is -0.664. The van der Waals surface area contributed by atoms with Gasteiger partial charge in [0.2, 0.25) is 0 Å². The Hall–Kier alpha value is -5.12. The number of carbonyl (C=O) groups is 2. The molecule has 0 aliphatic heterocycles. The van der Waals surface area contributed by atoms with Crippen LogP contribution < -0.4 is 10.6 Å². The molecule has 38 heavy (non-hydrogen) atoms. The molecule has 0 spiro atoms. The van der Waals surface area contributed by atoms with Crippen molar-refractivity contribution >= 4 is 34.2 Å². The summed E-state index contributed by atoms with van der Waals surface area (Å²) >= 11 is 0. The van der Waals surface area contributed by atoms with Crippen LogP contribution in [-0.2, 0) is 6.42 Å². The van der Waals surface area contributed by atoms with Crippen LogP contribution in [0, 0.1) is 5.82 Å². The van der Waals surface area contributed by atoms with Crippen LogP contribution >= 0.6 is 0 Å². The number of aromatic nitrogens is 4. The van der Waals surface area contributed by atoms with Crippen LogP contribution in [0.2, 0.25) is 0 Å². The van der Waals surface area contributed by atoms with E-state index in [2.05, 4.69) is 30.8 Å². The van der Waals surface area contributed by atoms with E-state index < -0.39 is 0 Å². The third kappa shape index (κ3) is 5.49. The molecule has 0 saturated carbocycles. The van der Waals surface area contributed by atoms with Crippen LogP contribution in [0.4, 0.5) is 20.6 Å². The summed E-state index contributed by atoms with van der Waals surface area (Å²) in [6.45, 7) is 0. The zero-order chi connectivity index (χ0) is 26.6. The number of amides is 3. The molecule has 0 aliphatic rings. The van der Waals surface area contributed by atoms with Gasteiger partial charge in [-0.05, 0) is 53.6 Å². The summed E-state index contributed by atoms with van der Waals surface area (Å²) in [5, 5.41) is 13.4. The molecule has 0 saturated heterocycles. The zero-order valence-electron chi connectivity index (χ0n) is 20.7. The molecule has 3 aromatic heterocycles. The van der Waals surface area contributed by atoms with Gasteiger partial charge < -0.3 is 15.5 Å². The van der Waals surface area contributed by atoms with Crippen molar-refractivity contribution in [2.24, 2.45) is 0 Å². The number of urea groups is 1. The highest BCUT2D eigenvalue weighted by Gasteiger charge is 2.16. The normalized spacial score (nSPS) is 10.8. The minimum Gasteiger partial charge on any atom is -0.331 e. The molecule has 2 aromatic carbocycles. The highest BCUT2D eigenvalue weighted by Crippen LogP contribution is 2.27. The molecule has 9 nitrogen and oxygen atoms in total. The van der Waals surface area contributed by atoms with E-state index in [9.17, 15) is 14.0 Å². The number of H-pyrrole nitrogens is 1. The number of rotatable bonds is 6. The Morgan fingerprint density at radius 1 is 0.895 bits per heavy atom. The number of carbonyl (C=O) groups excluding carboxylic acids is 2. The van der Waals surface area contributed by atoms with Gasteiger partial charge in [0, 0.05) is 43.4 Å². The molecule has 5 rings (SSSR count). The quantitative estimate of drug-likeness (QED) is 0.295. The second-order valence-electron chi connectivity index (χ2n) is 8.92. The molecule has 0 unspecified atom stereocenters. The van der Waals surface area contributed by atoms with E-state index in [-0.39, 0.29) is 23.4 Å². The van der Waals surface area contributed by atoms with Gasteiger partial charge in [0.05, 0.1) is 29.3 Å². The number of fused-ring (bicyclic) bond motifs is 1. The number of nitrogens with one attached hydrogen (secondary N) is 3. The first-order valence-electron chi connectivity index (χ1n) is 11.8. The third-order valence-corrected chi connectivity index (χ3v) is 5.89. The van der Waals surface area contributed by atoms with Crippen LogP contribution in [0.3, 0.4) is 0 Å². The smallest absolute Gasteiger partial charge is 0.321 e. The predicted molar refractivity (Wildman–Crippen MR) is 143 cm³/mol. The first-order chi connectivity index (χ1) is 18.4. The van der Waals surface area contributed by atoms with Gasteiger partial charge in [-0.3, -0.25) is 19.9 Å². The average Bonchev–Trinajstić information content (AvgIpc) is 3.35. The summed E-state index contributed by atoms with van der Waals surface area (Å²) in [4.78, 5) is 35.1. The van der Waals surface area contributed by atoms with E-state index in [1.54, 1.807) is 50.9 Å². The molecule has 10 heteroatoms. The largest absolute Gasteiger partial charge is 0.331 e. The van der Waals surface area contributed by atoms with Gasteiger partial charge in [0.1, 0.15) is 5.82 Å². The van der Waals surface area contributed by atoms with Gasteiger partial charge in [0.15, 0.2) is 5.69 Å². The molecular formula is C28H24FN7O2. The fraction of sp³-hybridized carbons (Fsp3) is 0.107. The lowest BCUT2D eigenvalue weighted by atomic mass is 10.0. The van der Waals surface area contributed by atoms with Crippen LogP contribution in [-0.4, -0.2) is 51.1 Å². The second-order valence-corrected chi connectivity index (χ2v) is 8.92. The summed E-state index contributed by atoms with van der Waals surface area (Å²) in [6.07, 6.45) is 5.39. The van der Waals surface area contributed by atoms with Crippen molar-refractivity contribution in [2.75, 3.05) is 24.7 Å². The molecule has 0 fully saturated rings. The Morgan fingerprint density at radius 3 is 2.45 bits per heavy atom. The standard InChI is InChI=1S/C28H24FN7O2/c1-36(2)28(38)33-23-12-19(14-30-15-23)18-5-10-25-24(13-18)26(35-34-25)27(37)32-22-9-8-21(31-16-22)11-17-3-6-20(29)7-4-17/h3-10,12-16H,11H2,1-2H3,(H,32,37)(H,33,38)(H,34,35). The summed E-state index contributed by atoms with van der Waals surface area (Å²) in [6, 6.07) is 17.0. The van der Waals surface area contributed by atoms with E-state index >= 15 is 0 Å². The maximum Gasteiger partial charge on any atom is 0.321 e. The van der Waals surface area contributed by atoms with Gasteiger partial charge in [-0.25, -0.2) is 9.18 Å². The highest BCUT2D eigenvalue weighted by molar-refractivity contribution is 6.11. The third-order valence-electron chi connectivity index (χ3n) is 5.89. The number of anilines is 2. The highest BCUT2D eigenvalue weighted by atomic mass is 19.1. The van der Waals surface area contributed by atoms with E-state index in [4.69, 9.17) is 0 Å². The lowest BCUT2D eigenvalue weighted by Crippen LogP contribution is -2.27. The Bertz CT molecular complexity index is 1610. The monoisotopic (exact) mass is 509 g/mol. The van der Waals surface area contributed by atoms with Crippen LogP contribution in [0.15, 0.2) is 79.3 Å². The molecule has 0 atom stereocenters. The van der Waals surface area contributed by atoms with Gasteiger partial charge in [-0.2, -0.15) is 5.10 Å². The van der Waals surface area contributed by atoms with Crippen LogP contribution in [0.25, 0.3) is 22.0 Å². The summed E-state index contributed by atoms with van der Waals surface area (Å²) < 4.78 is 13.1. The van der Waals surface area contributed by atoms with Crippen molar-refractivity contribution in [2.45, 2.75) is 6.42 Å². The fourth-order valence-electron chi connectivity index (χ4n) is 3.87. The SMILES string of the molecule is CN(C)C(=O)Nc1cncc(-c2ccc3[nH]nc(C(=O)Nc4ccc(Cc5ccc(F)cc5)nc4)c3c2)c1. The number of hydrogen-bond acceptors (Lipinski definition) is 5. The molecule has 5 aromatic rings. The van der Waals surface area contributed by atoms with Crippen molar-refractivity contribution in [1.29, 1.82) is 0 Å². The van der Waals surface area contributed by atoms with Crippen molar-refractivity contribution in [3.05, 3.63) is 102 Å². The topological polar surface area (TPSA) is 116 Å². The molecule has 3 heterocycles. The molecule has 0 aliphatic carbocycles. The Kier molecular flexibility index (Phi) is 6.77. The van der Waals surface area contributed by atoms with E-state index in [0.717, 1.165) is 22.4 Å². The number of aromatic amines is 1. The Morgan fingerprint density at radius 2 is 1.71 bits per heavy atom. The van der Waals surface area contributed by atoms with Crippen molar-refractivity contribution in [3.63, 3.8) is 0 Å². The van der Waals surface area contributed by atoms with Gasteiger partial charge in [-0.15, -0.1) is 0 Å². The van der Waals surface area contributed by atoms with Gasteiger partial charge >= 0.3 is 6.03 Å². The minimum atomic E-state index is -0.383. The van der Waals surface area contributed by atoms with Crippen LogP contribution in [0.5, 0.6) is 0 Å². The number of benzene rings is 2. The first-order valence-corrected chi connectivity index (χ1v) is 11.8. The second kappa shape index (κ2) is 10.5.